The van der Waals surface area contributed by atoms with Crippen molar-refractivity contribution in [3.63, 3.8) is 0 Å². The third-order valence-corrected chi connectivity index (χ3v) is 5.33. The van der Waals surface area contributed by atoms with Gasteiger partial charge in [0, 0.05) is 16.8 Å². The van der Waals surface area contributed by atoms with E-state index in [-0.39, 0.29) is 0 Å². The average molecular weight is 321 g/mol. The van der Waals surface area contributed by atoms with Gasteiger partial charge in [0.1, 0.15) is 0 Å². The van der Waals surface area contributed by atoms with Crippen LogP contribution in [0.3, 0.4) is 0 Å². The summed E-state index contributed by atoms with van der Waals surface area (Å²) in [6.45, 7) is 2.23. The van der Waals surface area contributed by atoms with Gasteiger partial charge < -0.3 is 5.32 Å². The molecule has 0 fully saturated rings. The summed E-state index contributed by atoms with van der Waals surface area (Å²) >= 11 is 0. The van der Waals surface area contributed by atoms with Gasteiger partial charge in [0.15, 0.2) is 0 Å². The van der Waals surface area contributed by atoms with Crippen molar-refractivity contribution >= 4 is 22.1 Å². The highest BCUT2D eigenvalue weighted by atomic mass is 14.9. The summed E-state index contributed by atoms with van der Waals surface area (Å²) in [7, 11) is 0. The third kappa shape index (κ3) is 2.24. The molecule has 1 aliphatic carbocycles. The highest BCUT2D eigenvalue weighted by molar-refractivity contribution is 5.96. The van der Waals surface area contributed by atoms with Crippen LogP contribution in [0.5, 0.6) is 0 Å². The van der Waals surface area contributed by atoms with E-state index in [9.17, 15) is 0 Å². The van der Waals surface area contributed by atoms with Crippen molar-refractivity contribution in [3.05, 3.63) is 95.6 Å². The molecule has 4 aromatic rings. The van der Waals surface area contributed by atoms with Crippen LogP contribution in [0.2, 0.25) is 0 Å². The van der Waals surface area contributed by atoms with E-state index >= 15 is 0 Å². The summed E-state index contributed by atoms with van der Waals surface area (Å²) in [4.78, 5) is 0. The van der Waals surface area contributed by atoms with Crippen LogP contribution in [0.1, 0.15) is 16.7 Å². The van der Waals surface area contributed by atoms with Crippen LogP contribution < -0.4 is 5.32 Å². The van der Waals surface area contributed by atoms with Crippen LogP contribution in [0, 0.1) is 6.92 Å². The Morgan fingerprint density at radius 1 is 0.680 bits per heavy atom. The molecule has 0 heterocycles. The molecule has 0 unspecified atom stereocenters. The Kier molecular flexibility index (Phi) is 3.14. The molecular weight excluding hydrogens is 302 g/mol. The number of nitrogens with one attached hydrogen (secondary N) is 1. The van der Waals surface area contributed by atoms with E-state index in [0.717, 1.165) is 12.1 Å². The van der Waals surface area contributed by atoms with Crippen LogP contribution in [0.25, 0.3) is 21.9 Å². The smallest absolute Gasteiger partial charge is 0.0463 e. The molecule has 0 saturated heterocycles. The first-order valence-corrected chi connectivity index (χ1v) is 8.77. The first-order valence-electron chi connectivity index (χ1n) is 8.77. The predicted octanol–water partition coefficient (Wildman–Crippen LogP) is 6.46. The van der Waals surface area contributed by atoms with Gasteiger partial charge in [-0.05, 0) is 58.7 Å². The number of hydrogen-bond donors (Lipinski definition) is 1. The van der Waals surface area contributed by atoms with E-state index in [0.29, 0.717) is 0 Å². The summed E-state index contributed by atoms with van der Waals surface area (Å²) in [6.07, 6.45) is 1.03. The monoisotopic (exact) mass is 321 g/mol. The molecule has 0 bridgehead atoms. The van der Waals surface area contributed by atoms with Gasteiger partial charge in [0.05, 0.1) is 0 Å². The second-order valence-electron chi connectivity index (χ2n) is 6.75. The van der Waals surface area contributed by atoms with Gasteiger partial charge in [-0.2, -0.15) is 0 Å². The number of anilines is 2. The van der Waals surface area contributed by atoms with Crippen molar-refractivity contribution in [2.24, 2.45) is 0 Å². The van der Waals surface area contributed by atoms with Gasteiger partial charge in [-0.1, -0.05) is 66.7 Å². The molecule has 0 spiro atoms. The Hall–Kier alpha value is -3.06. The second-order valence-corrected chi connectivity index (χ2v) is 6.75. The van der Waals surface area contributed by atoms with Gasteiger partial charge in [-0.15, -0.1) is 0 Å². The Balaban J connectivity index is 1.59. The zero-order chi connectivity index (χ0) is 16.8. The molecule has 0 atom stereocenters. The summed E-state index contributed by atoms with van der Waals surface area (Å²) < 4.78 is 0. The second kappa shape index (κ2) is 5.49. The molecule has 1 nitrogen and oxygen atoms in total. The van der Waals surface area contributed by atoms with Crippen molar-refractivity contribution in [2.45, 2.75) is 13.3 Å². The van der Waals surface area contributed by atoms with E-state index < -0.39 is 0 Å². The highest BCUT2D eigenvalue weighted by Gasteiger charge is 2.20. The lowest BCUT2D eigenvalue weighted by Crippen LogP contribution is -1.97. The van der Waals surface area contributed by atoms with Crippen LogP contribution in [-0.4, -0.2) is 0 Å². The van der Waals surface area contributed by atoms with E-state index in [1.807, 2.05) is 0 Å². The fraction of sp³-hybridized carbons (Fsp3) is 0.0833. The number of benzene rings is 4. The minimum absolute atomic E-state index is 1.03. The lowest BCUT2D eigenvalue weighted by Gasteiger charge is -2.15. The van der Waals surface area contributed by atoms with Gasteiger partial charge >= 0.3 is 0 Å². The Morgan fingerprint density at radius 2 is 1.48 bits per heavy atom. The van der Waals surface area contributed by atoms with Crippen LogP contribution in [0.4, 0.5) is 11.4 Å². The number of fused-ring (bicyclic) bond motifs is 4. The van der Waals surface area contributed by atoms with Gasteiger partial charge in [0.2, 0.25) is 0 Å². The molecule has 1 N–H and O–H groups in total. The fourth-order valence-corrected chi connectivity index (χ4v) is 3.98. The zero-order valence-corrected chi connectivity index (χ0v) is 14.2. The van der Waals surface area contributed by atoms with E-state index in [1.54, 1.807) is 0 Å². The first-order chi connectivity index (χ1) is 12.3. The van der Waals surface area contributed by atoms with Crippen molar-refractivity contribution in [3.8, 4) is 11.1 Å². The molecule has 25 heavy (non-hydrogen) atoms. The minimum Gasteiger partial charge on any atom is -0.355 e. The average Bonchev–Trinajstić information content (AvgIpc) is 3.04. The number of rotatable bonds is 2. The molecule has 5 rings (SSSR count). The Bertz CT molecular complexity index is 1100. The van der Waals surface area contributed by atoms with Crippen LogP contribution >= 0.6 is 0 Å². The largest absolute Gasteiger partial charge is 0.355 e. The van der Waals surface area contributed by atoms with Gasteiger partial charge in [-0.3, -0.25) is 0 Å². The molecule has 0 radical (unpaired) electrons. The molecule has 0 amide bonds. The van der Waals surface area contributed by atoms with Crippen LogP contribution in [-0.2, 0) is 6.42 Å². The molecule has 0 aromatic heterocycles. The van der Waals surface area contributed by atoms with Gasteiger partial charge in [0.25, 0.3) is 0 Å². The number of hydrogen-bond acceptors (Lipinski definition) is 1. The molecule has 1 aliphatic rings. The third-order valence-electron chi connectivity index (χ3n) is 5.33. The lowest BCUT2D eigenvalue weighted by atomic mass is 10.00. The first kappa shape index (κ1) is 14.3. The van der Waals surface area contributed by atoms with E-state index in [1.165, 1.54) is 44.3 Å². The van der Waals surface area contributed by atoms with Crippen molar-refractivity contribution < 1.29 is 0 Å². The normalized spacial score (nSPS) is 12.0. The maximum atomic E-state index is 3.67. The Morgan fingerprint density at radius 3 is 2.44 bits per heavy atom. The molecular formula is C24H19N. The van der Waals surface area contributed by atoms with E-state index in [4.69, 9.17) is 0 Å². The van der Waals surface area contributed by atoms with Crippen molar-refractivity contribution in [2.75, 3.05) is 5.32 Å². The zero-order valence-electron chi connectivity index (χ0n) is 14.2. The SMILES string of the molecule is Cc1c(Nc2cccc3ccccc23)ccc2c1Cc1ccccc1-2. The van der Waals surface area contributed by atoms with E-state index in [2.05, 4.69) is 91.1 Å². The molecule has 0 saturated carbocycles. The van der Waals surface area contributed by atoms with Gasteiger partial charge in [-0.25, -0.2) is 0 Å². The maximum Gasteiger partial charge on any atom is 0.0463 e. The summed E-state index contributed by atoms with van der Waals surface area (Å²) in [6, 6.07) is 28.2. The maximum absolute atomic E-state index is 3.67. The molecule has 1 heteroatoms. The Labute approximate surface area is 148 Å². The molecule has 120 valence electrons. The molecule has 0 aliphatic heterocycles. The summed E-state index contributed by atoms with van der Waals surface area (Å²) in [5.41, 5.74) is 9.37. The predicted molar refractivity (Wildman–Crippen MR) is 107 cm³/mol. The minimum atomic E-state index is 1.03. The van der Waals surface area contributed by atoms with Crippen molar-refractivity contribution in [1.82, 2.24) is 0 Å². The lowest BCUT2D eigenvalue weighted by molar-refractivity contribution is 1.22. The summed E-state index contributed by atoms with van der Waals surface area (Å²) in [5.74, 6) is 0. The standard InChI is InChI=1S/C24H19N/c1-16-22-15-18-8-3-4-10-19(18)21(22)13-14-23(16)25-24-12-6-9-17-7-2-5-11-20(17)24/h2-14,25H,15H2,1H3. The highest BCUT2D eigenvalue weighted by Crippen LogP contribution is 2.41. The summed E-state index contributed by atoms with van der Waals surface area (Å²) in [5, 5.41) is 6.19. The fourth-order valence-electron chi connectivity index (χ4n) is 3.98. The molecule has 4 aromatic carbocycles. The topological polar surface area (TPSA) is 12.0 Å². The van der Waals surface area contributed by atoms with Crippen molar-refractivity contribution in [1.29, 1.82) is 0 Å². The quantitative estimate of drug-likeness (QED) is 0.393. The van der Waals surface area contributed by atoms with Crippen LogP contribution in [0.15, 0.2) is 78.9 Å².